The first-order valence-electron chi connectivity index (χ1n) is 8.54. The van der Waals surface area contributed by atoms with Crippen LogP contribution >= 0.6 is 0 Å². The minimum absolute atomic E-state index is 0.0720. The summed E-state index contributed by atoms with van der Waals surface area (Å²) in [6, 6.07) is 9.70. The highest BCUT2D eigenvalue weighted by molar-refractivity contribution is 5.33. The predicted octanol–water partition coefficient (Wildman–Crippen LogP) is -0.0627. The lowest BCUT2D eigenvalue weighted by Gasteiger charge is -2.29. The van der Waals surface area contributed by atoms with Gasteiger partial charge in [0.25, 0.3) is 0 Å². The van der Waals surface area contributed by atoms with E-state index in [2.05, 4.69) is 11.8 Å². The molecule has 0 bridgehead atoms. The molecule has 0 saturated heterocycles. The highest BCUT2D eigenvalue weighted by Gasteiger charge is 2.38. The number of nitrogens with one attached hydrogen (secondary N) is 1. The number of hydrogen-bond donors (Lipinski definition) is 4. The molecule has 4 heteroatoms. The molecule has 1 aromatic rings. The standard InChI is InChI=1S/C19H27NO3/c21-15-13-20(14-16-22)12-6-11-19(23,18-9-4-5-10-18)17-7-2-1-3-8-17/h1-3,7-8,18,21-23H,4-5,9-10,12-16H2/p+1/t19-/m1/s1. The van der Waals surface area contributed by atoms with Crippen molar-refractivity contribution < 1.29 is 20.2 Å². The Labute approximate surface area is 138 Å². The van der Waals surface area contributed by atoms with Crippen molar-refractivity contribution in [3.63, 3.8) is 0 Å². The van der Waals surface area contributed by atoms with Crippen molar-refractivity contribution in [2.24, 2.45) is 5.92 Å². The van der Waals surface area contributed by atoms with Crippen LogP contribution in [0.15, 0.2) is 30.3 Å². The average molecular weight is 318 g/mol. The van der Waals surface area contributed by atoms with E-state index in [9.17, 15) is 5.11 Å². The molecule has 0 aliphatic heterocycles. The van der Waals surface area contributed by atoms with Crippen LogP contribution < -0.4 is 4.90 Å². The van der Waals surface area contributed by atoms with Crippen molar-refractivity contribution >= 4 is 0 Å². The second-order valence-corrected chi connectivity index (χ2v) is 6.29. The van der Waals surface area contributed by atoms with Gasteiger partial charge in [0, 0.05) is 5.92 Å². The average Bonchev–Trinajstić information content (AvgIpc) is 3.11. The zero-order chi connectivity index (χ0) is 16.5. The monoisotopic (exact) mass is 318 g/mol. The first-order chi connectivity index (χ1) is 11.2. The third-order valence-corrected chi connectivity index (χ3v) is 4.71. The second kappa shape index (κ2) is 9.05. The molecule has 126 valence electrons. The number of aliphatic hydroxyl groups excluding tert-OH is 2. The van der Waals surface area contributed by atoms with Crippen LogP contribution in [-0.2, 0) is 5.60 Å². The number of hydrogen-bond acceptors (Lipinski definition) is 3. The number of rotatable bonds is 7. The Balaban J connectivity index is 2.17. The zero-order valence-corrected chi connectivity index (χ0v) is 13.7. The van der Waals surface area contributed by atoms with Gasteiger partial charge in [-0.15, -0.1) is 0 Å². The Hall–Kier alpha value is -1.38. The summed E-state index contributed by atoms with van der Waals surface area (Å²) < 4.78 is 0. The molecule has 0 amide bonds. The van der Waals surface area contributed by atoms with E-state index >= 15 is 0 Å². The maximum atomic E-state index is 11.3. The van der Waals surface area contributed by atoms with Crippen LogP contribution in [0.25, 0.3) is 0 Å². The fraction of sp³-hybridized carbons (Fsp3) is 0.579. The van der Waals surface area contributed by atoms with Crippen molar-refractivity contribution in [2.75, 3.05) is 32.8 Å². The summed E-state index contributed by atoms with van der Waals surface area (Å²) in [6.07, 6.45) is 4.30. The van der Waals surface area contributed by atoms with E-state index < -0.39 is 5.60 Å². The summed E-state index contributed by atoms with van der Waals surface area (Å²) >= 11 is 0. The first kappa shape index (κ1) is 18.0. The summed E-state index contributed by atoms with van der Waals surface area (Å²) in [7, 11) is 0. The molecule has 23 heavy (non-hydrogen) atoms. The van der Waals surface area contributed by atoms with Gasteiger partial charge in [-0.1, -0.05) is 49.1 Å². The summed E-state index contributed by atoms with van der Waals surface area (Å²) in [4.78, 5) is 1.03. The van der Waals surface area contributed by atoms with Crippen molar-refractivity contribution in [2.45, 2.75) is 31.3 Å². The Kier molecular flexibility index (Phi) is 7.07. The molecule has 1 aliphatic rings. The first-order valence-corrected chi connectivity index (χ1v) is 8.54. The van der Waals surface area contributed by atoms with Gasteiger partial charge in [0.1, 0.15) is 19.6 Å². The number of aliphatic hydroxyl groups is 3. The van der Waals surface area contributed by atoms with Gasteiger partial charge >= 0.3 is 0 Å². The predicted molar refractivity (Wildman–Crippen MR) is 89.8 cm³/mol. The minimum Gasteiger partial charge on any atom is -0.391 e. The van der Waals surface area contributed by atoms with Crippen molar-refractivity contribution in [3.8, 4) is 11.8 Å². The van der Waals surface area contributed by atoms with E-state index in [1.165, 1.54) is 0 Å². The maximum absolute atomic E-state index is 11.3. The molecule has 0 unspecified atom stereocenters. The molecule has 1 fully saturated rings. The molecule has 4 nitrogen and oxygen atoms in total. The lowest BCUT2D eigenvalue weighted by molar-refractivity contribution is -0.893. The molecule has 2 rings (SSSR count). The van der Waals surface area contributed by atoms with Gasteiger partial charge in [0.2, 0.25) is 0 Å². The molecule has 0 aromatic heterocycles. The van der Waals surface area contributed by atoms with Crippen LogP contribution in [0.2, 0.25) is 0 Å². The van der Waals surface area contributed by atoms with Crippen LogP contribution in [-0.4, -0.2) is 48.2 Å². The van der Waals surface area contributed by atoms with Gasteiger partial charge in [0.15, 0.2) is 5.60 Å². The van der Waals surface area contributed by atoms with Gasteiger partial charge in [0.05, 0.1) is 13.2 Å². The van der Waals surface area contributed by atoms with Gasteiger partial charge < -0.3 is 20.2 Å². The topological polar surface area (TPSA) is 65.1 Å². The highest BCUT2D eigenvalue weighted by atomic mass is 16.3. The molecule has 0 spiro atoms. The third-order valence-electron chi connectivity index (χ3n) is 4.71. The fourth-order valence-corrected chi connectivity index (χ4v) is 3.37. The molecule has 1 saturated carbocycles. The number of benzene rings is 1. The molecule has 1 atom stereocenters. The smallest absolute Gasteiger partial charge is 0.153 e. The largest absolute Gasteiger partial charge is 0.391 e. The van der Waals surface area contributed by atoms with Crippen LogP contribution in [0, 0.1) is 17.8 Å². The Morgan fingerprint density at radius 1 is 1.04 bits per heavy atom. The van der Waals surface area contributed by atoms with Crippen molar-refractivity contribution in [3.05, 3.63) is 35.9 Å². The van der Waals surface area contributed by atoms with E-state index in [4.69, 9.17) is 10.2 Å². The Bertz CT molecular complexity index is 510. The molecular weight excluding hydrogens is 290 g/mol. The Morgan fingerprint density at radius 2 is 1.65 bits per heavy atom. The summed E-state index contributed by atoms with van der Waals surface area (Å²) in [5.41, 5.74) is -0.230. The van der Waals surface area contributed by atoms with Crippen molar-refractivity contribution in [1.29, 1.82) is 0 Å². The fourth-order valence-electron chi connectivity index (χ4n) is 3.37. The zero-order valence-electron chi connectivity index (χ0n) is 13.7. The van der Waals surface area contributed by atoms with E-state index in [0.717, 1.165) is 36.1 Å². The molecule has 1 aromatic carbocycles. The Morgan fingerprint density at radius 3 is 2.22 bits per heavy atom. The summed E-state index contributed by atoms with van der Waals surface area (Å²) in [5, 5.41) is 29.4. The van der Waals surface area contributed by atoms with Crippen LogP contribution in [0.4, 0.5) is 0 Å². The van der Waals surface area contributed by atoms with Crippen LogP contribution in [0.3, 0.4) is 0 Å². The van der Waals surface area contributed by atoms with Gasteiger partial charge in [-0.2, -0.15) is 0 Å². The number of quaternary nitrogens is 1. The SMILES string of the molecule is OCC[NH+](CC#C[C@@](O)(c1ccccc1)C1CCCC1)CCO. The molecule has 0 radical (unpaired) electrons. The van der Waals surface area contributed by atoms with E-state index in [1.54, 1.807) is 0 Å². The van der Waals surface area contributed by atoms with E-state index in [1.807, 2.05) is 30.3 Å². The van der Waals surface area contributed by atoms with Gasteiger partial charge in [-0.25, -0.2) is 0 Å². The highest BCUT2D eigenvalue weighted by Crippen LogP contribution is 2.40. The maximum Gasteiger partial charge on any atom is 0.153 e. The van der Waals surface area contributed by atoms with E-state index in [0.29, 0.717) is 19.6 Å². The quantitative estimate of drug-likeness (QED) is 0.533. The molecule has 0 heterocycles. The lowest BCUT2D eigenvalue weighted by Crippen LogP contribution is -3.12. The minimum atomic E-state index is -1.10. The second-order valence-electron chi connectivity index (χ2n) is 6.29. The molecular formula is C19H28NO3+. The van der Waals surface area contributed by atoms with Gasteiger partial charge in [-0.05, 0) is 24.3 Å². The van der Waals surface area contributed by atoms with E-state index in [-0.39, 0.29) is 19.1 Å². The molecule has 4 N–H and O–H groups in total. The van der Waals surface area contributed by atoms with Crippen LogP contribution in [0.1, 0.15) is 31.2 Å². The van der Waals surface area contributed by atoms with Crippen molar-refractivity contribution in [1.82, 2.24) is 0 Å². The van der Waals surface area contributed by atoms with Crippen LogP contribution in [0.5, 0.6) is 0 Å². The summed E-state index contributed by atoms with van der Waals surface area (Å²) in [5.74, 6) is 6.41. The third kappa shape index (κ3) is 4.79. The summed E-state index contributed by atoms with van der Waals surface area (Å²) in [6.45, 7) is 1.78. The van der Waals surface area contributed by atoms with Gasteiger partial charge in [-0.3, -0.25) is 0 Å². The normalized spacial score (nSPS) is 17.7. The lowest BCUT2D eigenvalue weighted by atomic mass is 9.80. The molecule has 1 aliphatic carbocycles.